The highest BCUT2D eigenvalue weighted by atomic mass is 35.5. The first-order chi connectivity index (χ1) is 10.0. The van der Waals surface area contributed by atoms with E-state index < -0.39 is 20.8 Å². The molecule has 0 N–H and O–H groups in total. The van der Waals surface area contributed by atoms with Gasteiger partial charge in [-0.1, -0.05) is 0 Å². The van der Waals surface area contributed by atoms with Crippen LogP contribution in [0, 0.1) is 0 Å². The van der Waals surface area contributed by atoms with Gasteiger partial charge < -0.3 is 4.74 Å². The van der Waals surface area contributed by atoms with Gasteiger partial charge in [0.15, 0.2) is 0 Å². The Morgan fingerprint density at radius 2 is 1.81 bits per heavy atom. The van der Waals surface area contributed by atoms with E-state index in [0.717, 1.165) is 6.42 Å². The molecule has 0 unspecified atom stereocenters. The van der Waals surface area contributed by atoms with E-state index >= 15 is 0 Å². The monoisotopic (exact) mass is 351 g/mol. The van der Waals surface area contributed by atoms with Gasteiger partial charge in [0, 0.05) is 41.3 Å². The van der Waals surface area contributed by atoms with E-state index in [1.807, 2.05) is 0 Å². The molecule has 0 aliphatic carbocycles. The number of nitrogens with zero attached hydrogens (tertiary/aromatic N) is 1. The van der Waals surface area contributed by atoms with Crippen LogP contribution >= 0.6 is 11.6 Å². The number of hydrogen-bond donors (Lipinski definition) is 0. The number of alkyl halides is 1. The maximum atomic E-state index is 12.4. The van der Waals surface area contributed by atoms with Crippen molar-refractivity contribution in [1.29, 1.82) is 0 Å². The molecule has 5 nitrogen and oxygen atoms in total. The molecule has 118 valence electrons. The zero-order valence-corrected chi connectivity index (χ0v) is 13.9. The summed E-state index contributed by atoms with van der Waals surface area (Å²) in [5, 5.41) is 0. The molecule has 1 fully saturated rings. The van der Waals surface area contributed by atoms with E-state index in [4.69, 9.17) is 16.3 Å². The Labute approximate surface area is 132 Å². The van der Waals surface area contributed by atoms with Crippen molar-refractivity contribution in [2.24, 2.45) is 0 Å². The summed E-state index contributed by atoms with van der Waals surface area (Å²) in [7, 11) is -4.40. The number of ether oxygens (including phenoxy) is 1. The highest BCUT2D eigenvalue weighted by molar-refractivity contribution is 7.89. The molecule has 1 aromatic carbocycles. The summed E-state index contributed by atoms with van der Waals surface area (Å²) in [6.45, 7) is 1.12. The molecule has 1 heterocycles. The summed E-state index contributed by atoms with van der Waals surface area (Å²) in [4.78, 5) is 0.236. The lowest BCUT2D eigenvalue weighted by molar-refractivity contribution is 0.318. The third kappa shape index (κ3) is 4.42. The fourth-order valence-corrected chi connectivity index (χ4v) is 4.80. The van der Waals surface area contributed by atoms with Gasteiger partial charge in [-0.25, -0.2) is 8.42 Å². The van der Waals surface area contributed by atoms with Crippen LogP contribution in [0.5, 0.6) is 5.75 Å². The first kappa shape index (κ1) is 16.7. The minimum Gasteiger partial charge on any atom is -0.494 e. The summed E-state index contributed by atoms with van der Waals surface area (Å²) < 4.78 is 43.0. The molecule has 0 radical (unpaired) electrons. The van der Waals surface area contributed by atoms with Gasteiger partial charge >= 0.3 is 0 Å². The van der Waals surface area contributed by atoms with Crippen molar-refractivity contribution in [2.75, 3.05) is 37.1 Å². The topological polar surface area (TPSA) is 63.7 Å². The van der Waals surface area contributed by atoms with Gasteiger partial charge in [0.1, 0.15) is 5.75 Å². The minimum absolute atomic E-state index is 0.236. The summed E-state index contributed by atoms with van der Waals surface area (Å²) >= 11 is 5.56. The fourth-order valence-electron chi connectivity index (χ4n) is 1.96. The van der Waals surface area contributed by atoms with Gasteiger partial charge in [-0.15, -0.1) is 11.6 Å². The molecule has 21 heavy (non-hydrogen) atoms. The Bertz CT molecular complexity index is 579. The van der Waals surface area contributed by atoms with E-state index in [1.54, 1.807) is 12.1 Å². The standard InChI is InChI=1S/C13H18ClNO4S2/c14-6-1-9-19-12-2-4-13(5-3-12)21(17,18)15-7-10-20(16)11-8-15/h2-5H,1,6-11H2. The maximum Gasteiger partial charge on any atom is 0.243 e. The molecule has 1 saturated heterocycles. The quantitative estimate of drug-likeness (QED) is 0.575. The third-order valence-electron chi connectivity index (χ3n) is 3.14. The van der Waals surface area contributed by atoms with E-state index in [0.29, 0.717) is 42.8 Å². The molecule has 2 rings (SSSR count). The van der Waals surface area contributed by atoms with Crippen LogP contribution < -0.4 is 4.74 Å². The first-order valence-corrected chi connectivity index (χ1v) is 10.1. The molecule has 1 aliphatic heterocycles. The third-order valence-corrected chi connectivity index (χ3v) is 6.60. The maximum absolute atomic E-state index is 12.4. The molecule has 0 atom stereocenters. The Morgan fingerprint density at radius 1 is 1.19 bits per heavy atom. The van der Waals surface area contributed by atoms with Gasteiger partial charge in [0.25, 0.3) is 0 Å². The minimum atomic E-state index is -3.51. The normalized spacial score (nSPS) is 17.8. The van der Waals surface area contributed by atoms with Crippen LogP contribution in [-0.4, -0.2) is 54.0 Å². The van der Waals surface area contributed by atoms with Crippen molar-refractivity contribution < 1.29 is 17.4 Å². The summed E-state index contributed by atoms with van der Waals surface area (Å²) in [6.07, 6.45) is 0.743. The molecule has 0 amide bonds. The van der Waals surface area contributed by atoms with Gasteiger partial charge in [0.2, 0.25) is 10.0 Å². The average Bonchev–Trinajstić information content (AvgIpc) is 2.48. The lowest BCUT2D eigenvalue weighted by Crippen LogP contribution is -2.41. The predicted molar refractivity (Wildman–Crippen MR) is 83.9 cm³/mol. The van der Waals surface area contributed by atoms with Crippen LogP contribution in [0.4, 0.5) is 0 Å². The van der Waals surface area contributed by atoms with E-state index in [1.165, 1.54) is 16.4 Å². The molecular weight excluding hydrogens is 334 g/mol. The Hall–Kier alpha value is -0.630. The van der Waals surface area contributed by atoms with Crippen molar-refractivity contribution in [3.8, 4) is 5.75 Å². The van der Waals surface area contributed by atoms with Crippen LogP contribution in [0.25, 0.3) is 0 Å². The van der Waals surface area contributed by atoms with E-state index in [9.17, 15) is 12.6 Å². The highest BCUT2D eigenvalue weighted by Gasteiger charge is 2.27. The Kier molecular flexibility index (Phi) is 6.04. The predicted octanol–water partition coefficient (Wildman–Crippen LogP) is 1.45. The van der Waals surface area contributed by atoms with Gasteiger partial charge in [0.05, 0.1) is 11.5 Å². The van der Waals surface area contributed by atoms with Crippen LogP contribution in [0.3, 0.4) is 0 Å². The summed E-state index contributed by atoms with van der Waals surface area (Å²) in [5.41, 5.74) is 0. The van der Waals surface area contributed by atoms with Crippen LogP contribution in [0.1, 0.15) is 6.42 Å². The molecule has 1 aliphatic rings. The van der Waals surface area contributed by atoms with E-state index in [-0.39, 0.29) is 4.90 Å². The number of sulfonamides is 1. The molecular formula is C13H18ClNO4S2. The SMILES string of the molecule is O=S1CCN(S(=O)(=O)c2ccc(OCCCCl)cc2)CC1. The zero-order chi connectivity index (χ0) is 15.3. The lowest BCUT2D eigenvalue weighted by Gasteiger charge is -2.25. The van der Waals surface area contributed by atoms with Crippen molar-refractivity contribution in [2.45, 2.75) is 11.3 Å². The van der Waals surface area contributed by atoms with Crippen LogP contribution in [-0.2, 0) is 20.8 Å². The highest BCUT2D eigenvalue weighted by Crippen LogP contribution is 2.20. The fraction of sp³-hybridized carbons (Fsp3) is 0.538. The van der Waals surface area contributed by atoms with Crippen molar-refractivity contribution in [3.63, 3.8) is 0 Å². The largest absolute Gasteiger partial charge is 0.494 e. The van der Waals surface area contributed by atoms with Crippen molar-refractivity contribution in [3.05, 3.63) is 24.3 Å². The number of benzene rings is 1. The molecule has 1 aromatic rings. The first-order valence-electron chi connectivity index (χ1n) is 6.68. The Balaban J connectivity index is 2.04. The van der Waals surface area contributed by atoms with Crippen LogP contribution in [0.2, 0.25) is 0 Å². The second kappa shape index (κ2) is 7.58. The van der Waals surface area contributed by atoms with Gasteiger partial charge in [-0.2, -0.15) is 4.31 Å². The number of hydrogen-bond acceptors (Lipinski definition) is 4. The molecule has 8 heteroatoms. The molecule has 0 saturated carbocycles. The van der Waals surface area contributed by atoms with E-state index in [2.05, 4.69) is 0 Å². The average molecular weight is 352 g/mol. The smallest absolute Gasteiger partial charge is 0.243 e. The lowest BCUT2D eigenvalue weighted by atomic mass is 10.3. The summed E-state index contributed by atoms with van der Waals surface area (Å²) in [6, 6.07) is 6.36. The molecule has 0 spiro atoms. The zero-order valence-electron chi connectivity index (χ0n) is 11.5. The van der Waals surface area contributed by atoms with Crippen molar-refractivity contribution >= 4 is 32.4 Å². The Morgan fingerprint density at radius 3 is 2.38 bits per heavy atom. The van der Waals surface area contributed by atoms with Crippen molar-refractivity contribution in [1.82, 2.24) is 4.31 Å². The van der Waals surface area contributed by atoms with Gasteiger partial charge in [-0.05, 0) is 30.7 Å². The summed E-state index contributed by atoms with van der Waals surface area (Å²) in [5.74, 6) is 1.96. The van der Waals surface area contributed by atoms with Gasteiger partial charge in [-0.3, -0.25) is 4.21 Å². The molecule has 0 aromatic heterocycles. The number of rotatable bonds is 6. The second-order valence-corrected chi connectivity index (χ2v) is 8.63. The van der Waals surface area contributed by atoms with Crippen LogP contribution in [0.15, 0.2) is 29.2 Å². The second-order valence-electron chi connectivity index (χ2n) is 4.61. The molecule has 0 bridgehead atoms. The number of halogens is 1.